The zero-order chi connectivity index (χ0) is 23.0. The van der Waals surface area contributed by atoms with E-state index in [-0.39, 0.29) is 11.6 Å². The number of nitro benzene ring substituents is 1. The number of nitrogens with one attached hydrogen (secondary N) is 1. The second kappa shape index (κ2) is 10.6. The molecule has 0 saturated heterocycles. The Morgan fingerprint density at radius 3 is 2.55 bits per heavy atom. The van der Waals surface area contributed by atoms with Crippen LogP contribution in [0.4, 0.5) is 5.69 Å². The summed E-state index contributed by atoms with van der Waals surface area (Å²) < 4.78 is 7.13. The van der Waals surface area contributed by atoms with E-state index in [0.29, 0.717) is 41.9 Å². The summed E-state index contributed by atoms with van der Waals surface area (Å²) in [6.07, 6.45) is 2.64. The van der Waals surface area contributed by atoms with Crippen LogP contribution in [-0.2, 0) is 11.3 Å². The molecule has 4 aromatic rings. The van der Waals surface area contributed by atoms with Gasteiger partial charge in [0.05, 0.1) is 17.7 Å². The number of benzene rings is 2. The lowest BCUT2D eigenvalue weighted by Crippen LogP contribution is -2.22. The van der Waals surface area contributed by atoms with Crippen molar-refractivity contribution in [2.45, 2.75) is 24.5 Å². The molecule has 33 heavy (non-hydrogen) atoms. The summed E-state index contributed by atoms with van der Waals surface area (Å²) in [6.45, 7) is 0.375. The van der Waals surface area contributed by atoms with Gasteiger partial charge in [0.15, 0.2) is 11.0 Å². The first-order chi connectivity index (χ1) is 16.1. The lowest BCUT2D eigenvalue weighted by Gasteiger charge is -2.10. The van der Waals surface area contributed by atoms with Crippen LogP contribution in [-0.4, -0.2) is 31.3 Å². The van der Waals surface area contributed by atoms with Crippen molar-refractivity contribution in [1.29, 1.82) is 0 Å². The third-order valence-electron chi connectivity index (χ3n) is 4.80. The van der Waals surface area contributed by atoms with Crippen LogP contribution >= 0.6 is 11.8 Å². The molecule has 0 aliphatic heterocycles. The fraction of sp³-hybridized carbons (Fsp3) is 0.174. The van der Waals surface area contributed by atoms with Gasteiger partial charge in [-0.05, 0) is 42.8 Å². The van der Waals surface area contributed by atoms with Gasteiger partial charge in [0.1, 0.15) is 5.76 Å². The quantitative estimate of drug-likeness (QED) is 0.158. The van der Waals surface area contributed by atoms with Gasteiger partial charge in [0.25, 0.3) is 5.69 Å². The molecule has 10 heteroatoms. The van der Waals surface area contributed by atoms with E-state index in [1.165, 1.54) is 23.9 Å². The Hall–Kier alpha value is -3.92. The fourth-order valence-corrected chi connectivity index (χ4v) is 4.07. The van der Waals surface area contributed by atoms with E-state index in [1.54, 1.807) is 24.5 Å². The molecule has 1 amide bonds. The van der Waals surface area contributed by atoms with Gasteiger partial charge in [-0.25, -0.2) is 0 Å². The van der Waals surface area contributed by atoms with Gasteiger partial charge in [-0.2, -0.15) is 0 Å². The summed E-state index contributed by atoms with van der Waals surface area (Å²) in [5.74, 6) is 1.95. The molecule has 1 N–H and O–H groups in total. The zero-order valence-electron chi connectivity index (χ0n) is 17.6. The number of non-ortho nitro benzene ring substituents is 1. The first-order valence-electron chi connectivity index (χ1n) is 10.3. The number of amides is 1. The van der Waals surface area contributed by atoms with Crippen LogP contribution in [0.25, 0.3) is 17.1 Å². The highest BCUT2D eigenvalue weighted by molar-refractivity contribution is 7.99. The molecule has 0 aliphatic rings. The predicted molar refractivity (Wildman–Crippen MR) is 124 cm³/mol. The molecule has 2 heterocycles. The number of rotatable bonds is 10. The average molecular weight is 464 g/mol. The molecule has 0 spiro atoms. The van der Waals surface area contributed by atoms with E-state index in [9.17, 15) is 14.9 Å². The van der Waals surface area contributed by atoms with Crippen LogP contribution < -0.4 is 5.32 Å². The second-order valence-electron chi connectivity index (χ2n) is 7.09. The molecule has 0 fully saturated rings. The fourth-order valence-electron chi connectivity index (χ4n) is 3.18. The Labute approximate surface area is 194 Å². The predicted octanol–water partition coefficient (Wildman–Crippen LogP) is 4.62. The Bertz CT molecular complexity index is 1210. The van der Waals surface area contributed by atoms with Gasteiger partial charge in [0, 0.05) is 35.6 Å². The van der Waals surface area contributed by atoms with Crippen LogP contribution in [0.1, 0.15) is 18.6 Å². The molecule has 0 aliphatic carbocycles. The minimum Gasteiger partial charge on any atom is -0.467 e. The van der Waals surface area contributed by atoms with Crippen LogP contribution in [0, 0.1) is 10.1 Å². The molecule has 0 unspecified atom stereocenters. The molecular weight excluding hydrogens is 442 g/mol. The summed E-state index contributed by atoms with van der Waals surface area (Å²) >= 11 is 1.51. The normalized spacial score (nSPS) is 10.8. The number of hydrogen-bond acceptors (Lipinski definition) is 7. The molecule has 0 atom stereocenters. The van der Waals surface area contributed by atoms with E-state index < -0.39 is 4.92 Å². The summed E-state index contributed by atoms with van der Waals surface area (Å²) in [7, 11) is 0. The zero-order valence-corrected chi connectivity index (χ0v) is 18.4. The third-order valence-corrected chi connectivity index (χ3v) is 5.82. The lowest BCUT2D eigenvalue weighted by atomic mass is 10.2. The van der Waals surface area contributed by atoms with Crippen molar-refractivity contribution in [2.75, 3.05) is 5.75 Å². The van der Waals surface area contributed by atoms with Crippen molar-refractivity contribution in [2.24, 2.45) is 0 Å². The Morgan fingerprint density at radius 1 is 1.06 bits per heavy atom. The van der Waals surface area contributed by atoms with Crippen LogP contribution in [0.3, 0.4) is 0 Å². The summed E-state index contributed by atoms with van der Waals surface area (Å²) in [6, 6.07) is 19.5. The van der Waals surface area contributed by atoms with E-state index in [1.807, 2.05) is 41.0 Å². The van der Waals surface area contributed by atoms with E-state index in [4.69, 9.17) is 4.42 Å². The van der Waals surface area contributed by atoms with Crippen LogP contribution in [0.2, 0.25) is 0 Å². The van der Waals surface area contributed by atoms with Crippen molar-refractivity contribution in [1.82, 2.24) is 20.1 Å². The van der Waals surface area contributed by atoms with Gasteiger partial charge >= 0.3 is 0 Å². The largest absolute Gasteiger partial charge is 0.467 e. The number of nitro groups is 1. The smallest absolute Gasteiger partial charge is 0.269 e. The molecule has 2 aromatic heterocycles. The number of aromatic nitrogens is 3. The molecule has 2 aromatic carbocycles. The maximum absolute atomic E-state index is 12.1. The summed E-state index contributed by atoms with van der Waals surface area (Å²) in [4.78, 5) is 22.6. The van der Waals surface area contributed by atoms with Crippen LogP contribution in [0.5, 0.6) is 0 Å². The summed E-state index contributed by atoms with van der Waals surface area (Å²) in [5.41, 5.74) is 1.63. The Kier molecular flexibility index (Phi) is 7.16. The highest BCUT2D eigenvalue weighted by Gasteiger charge is 2.17. The highest BCUT2D eigenvalue weighted by atomic mass is 32.2. The van der Waals surface area contributed by atoms with Crippen molar-refractivity contribution in [3.63, 3.8) is 0 Å². The number of thioether (sulfide) groups is 1. The maximum atomic E-state index is 12.1. The van der Waals surface area contributed by atoms with Crippen LogP contribution in [0.15, 0.2) is 82.6 Å². The number of carbonyl (C=O) groups excluding carboxylic acids is 1. The maximum Gasteiger partial charge on any atom is 0.269 e. The van der Waals surface area contributed by atoms with E-state index in [0.717, 1.165) is 11.3 Å². The molecule has 0 bridgehead atoms. The molecule has 168 valence electrons. The monoisotopic (exact) mass is 463 g/mol. The average Bonchev–Trinajstić information content (AvgIpc) is 3.51. The number of furan rings is 1. The highest BCUT2D eigenvalue weighted by Crippen LogP contribution is 2.29. The Morgan fingerprint density at radius 2 is 1.85 bits per heavy atom. The first-order valence-corrected chi connectivity index (χ1v) is 11.3. The standard InChI is InChI=1S/C23H21N5O4S/c29-21(24-16-20-8-4-14-32-20)9-5-15-33-23-26-25-22(27(23)18-6-2-1-3-7-18)17-10-12-19(13-11-17)28(30)31/h1-4,6-8,10-14H,5,9,15-16H2,(H,24,29). The van der Waals surface area contributed by atoms with Crippen molar-refractivity contribution >= 4 is 23.4 Å². The van der Waals surface area contributed by atoms with Gasteiger partial charge in [0.2, 0.25) is 5.91 Å². The van der Waals surface area contributed by atoms with Crippen molar-refractivity contribution in [3.8, 4) is 17.1 Å². The number of carbonyl (C=O) groups is 1. The number of hydrogen-bond donors (Lipinski definition) is 1. The van der Waals surface area contributed by atoms with Gasteiger partial charge < -0.3 is 9.73 Å². The van der Waals surface area contributed by atoms with E-state index >= 15 is 0 Å². The minimum atomic E-state index is -0.433. The Balaban J connectivity index is 1.43. The first kappa shape index (κ1) is 22.3. The summed E-state index contributed by atoms with van der Waals surface area (Å²) in [5, 5.41) is 23.2. The van der Waals surface area contributed by atoms with Gasteiger partial charge in [-0.1, -0.05) is 30.0 Å². The molecule has 0 radical (unpaired) electrons. The SMILES string of the molecule is O=C(CCCSc1nnc(-c2ccc([N+](=O)[O-])cc2)n1-c1ccccc1)NCc1ccco1. The molecular formula is C23H21N5O4S. The lowest BCUT2D eigenvalue weighted by molar-refractivity contribution is -0.384. The molecule has 4 rings (SSSR count). The number of nitrogens with zero attached hydrogens (tertiary/aromatic N) is 4. The van der Waals surface area contributed by atoms with E-state index in [2.05, 4.69) is 15.5 Å². The van der Waals surface area contributed by atoms with Crippen molar-refractivity contribution in [3.05, 3.63) is 88.9 Å². The topological polar surface area (TPSA) is 116 Å². The van der Waals surface area contributed by atoms with Crippen molar-refractivity contribution < 1.29 is 14.1 Å². The molecule has 0 saturated carbocycles. The molecule has 9 nitrogen and oxygen atoms in total. The third kappa shape index (κ3) is 5.66. The minimum absolute atomic E-state index is 0.0180. The van der Waals surface area contributed by atoms with Gasteiger partial charge in [-0.15, -0.1) is 10.2 Å². The van der Waals surface area contributed by atoms with Gasteiger partial charge in [-0.3, -0.25) is 19.5 Å². The second-order valence-corrected chi connectivity index (χ2v) is 8.15. The number of para-hydroxylation sites is 1.